The Hall–Kier alpha value is -2.65. The molecule has 0 saturated carbocycles. The lowest BCUT2D eigenvalue weighted by Gasteiger charge is -2.36. The molecule has 29 heavy (non-hydrogen) atoms. The molecule has 0 bridgehead atoms. The minimum atomic E-state index is 0.122. The number of rotatable bonds is 5. The monoisotopic (exact) mass is 386 g/mol. The fourth-order valence-electron chi connectivity index (χ4n) is 4.40. The van der Waals surface area contributed by atoms with Crippen molar-refractivity contribution in [2.24, 2.45) is 5.92 Å². The maximum atomic E-state index is 12.6. The molecule has 3 heteroatoms. The van der Waals surface area contributed by atoms with Crippen molar-refractivity contribution in [3.8, 4) is 0 Å². The molecule has 3 nitrogen and oxygen atoms in total. The summed E-state index contributed by atoms with van der Waals surface area (Å²) in [7, 11) is 0. The van der Waals surface area contributed by atoms with E-state index in [1.807, 2.05) is 0 Å². The fraction of sp³-hybridized carbons (Fsp3) is 0.346. The van der Waals surface area contributed by atoms with E-state index >= 15 is 0 Å². The second kappa shape index (κ2) is 8.79. The Kier molecular flexibility index (Phi) is 5.96. The Morgan fingerprint density at radius 2 is 1.69 bits per heavy atom. The van der Waals surface area contributed by atoms with Crippen molar-refractivity contribution in [1.29, 1.82) is 0 Å². The molecule has 1 unspecified atom stereocenters. The summed E-state index contributed by atoms with van der Waals surface area (Å²) in [5.41, 5.74) is 3.78. The molecule has 1 N–H and O–H groups in total. The van der Waals surface area contributed by atoms with Gasteiger partial charge in [-0.15, -0.1) is 0 Å². The Balaban J connectivity index is 1.33. The molecular weight excluding hydrogens is 356 g/mol. The molecule has 4 rings (SSSR count). The fourth-order valence-corrected chi connectivity index (χ4v) is 4.40. The molecule has 1 heterocycles. The van der Waals surface area contributed by atoms with Crippen molar-refractivity contribution in [3.63, 3.8) is 0 Å². The largest absolute Gasteiger partial charge is 0.352 e. The lowest BCUT2D eigenvalue weighted by Crippen LogP contribution is -2.41. The van der Waals surface area contributed by atoms with Gasteiger partial charge in [-0.25, -0.2) is 0 Å². The lowest BCUT2D eigenvalue weighted by molar-refractivity contribution is -0.126. The number of likely N-dealkylation sites (tertiary alicyclic amines) is 1. The predicted molar refractivity (Wildman–Crippen MR) is 120 cm³/mol. The van der Waals surface area contributed by atoms with Crippen molar-refractivity contribution in [3.05, 3.63) is 83.4 Å². The molecule has 1 atom stereocenters. The molecule has 1 aliphatic rings. The first kappa shape index (κ1) is 19.7. The van der Waals surface area contributed by atoms with Crippen LogP contribution in [-0.4, -0.2) is 23.9 Å². The van der Waals surface area contributed by atoms with Gasteiger partial charge in [-0.2, -0.15) is 0 Å². The van der Waals surface area contributed by atoms with Crippen LogP contribution in [0.5, 0.6) is 0 Å². The van der Waals surface area contributed by atoms with Gasteiger partial charge in [0, 0.05) is 18.5 Å². The highest BCUT2D eigenvalue weighted by atomic mass is 16.1. The van der Waals surface area contributed by atoms with Crippen LogP contribution >= 0.6 is 0 Å². The molecule has 1 saturated heterocycles. The predicted octanol–water partition coefficient (Wildman–Crippen LogP) is 5.24. The normalized spacial score (nSPS) is 16.6. The van der Waals surface area contributed by atoms with Gasteiger partial charge < -0.3 is 5.32 Å². The van der Waals surface area contributed by atoms with Gasteiger partial charge in [-0.3, -0.25) is 9.69 Å². The number of carbonyl (C=O) groups is 1. The summed E-state index contributed by atoms with van der Waals surface area (Å²) in [6.07, 6.45) is 1.85. The van der Waals surface area contributed by atoms with Crippen molar-refractivity contribution in [2.45, 2.75) is 39.3 Å². The summed E-state index contributed by atoms with van der Waals surface area (Å²) in [4.78, 5) is 15.1. The highest BCUT2D eigenvalue weighted by molar-refractivity contribution is 5.86. The van der Waals surface area contributed by atoms with Crippen molar-refractivity contribution < 1.29 is 4.79 Å². The number of benzene rings is 3. The summed E-state index contributed by atoms with van der Waals surface area (Å²) < 4.78 is 0. The van der Waals surface area contributed by atoms with Crippen LogP contribution in [0.2, 0.25) is 0 Å². The zero-order valence-corrected chi connectivity index (χ0v) is 17.4. The third kappa shape index (κ3) is 4.51. The van der Waals surface area contributed by atoms with E-state index in [1.54, 1.807) is 0 Å². The Morgan fingerprint density at radius 1 is 1.00 bits per heavy atom. The Bertz CT molecular complexity index is 966. The van der Waals surface area contributed by atoms with Crippen molar-refractivity contribution in [2.75, 3.05) is 13.1 Å². The van der Waals surface area contributed by atoms with Crippen LogP contribution in [0.1, 0.15) is 42.5 Å². The van der Waals surface area contributed by atoms with Gasteiger partial charge in [0.05, 0.1) is 0 Å². The summed E-state index contributed by atoms with van der Waals surface area (Å²) in [6, 6.07) is 23.9. The van der Waals surface area contributed by atoms with Crippen LogP contribution in [-0.2, 0) is 11.3 Å². The van der Waals surface area contributed by atoms with Crippen LogP contribution < -0.4 is 5.32 Å². The average Bonchev–Trinajstić information content (AvgIpc) is 2.78. The van der Waals surface area contributed by atoms with E-state index in [0.717, 1.165) is 31.5 Å². The standard InChI is InChI=1S/C26H30N2O/c1-19-10-12-21(13-11-19)18-27-26(29)23-14-16-28(17-15-23)20(2)24-9-5-7-22-6-3-4-8-25(22)24/h3-13,20,23H,14-18H2,1-2H3,(H,27,29). The summed E-state index contributed by atoms with van der Waals surface area (Å²) in [5.74, 6) is 0.319. The van der Waals surface area contributed by atoms with E-state index in [1.165, 1.54) is 21.9 Å². The minimum Gasteiger partial charge on any atom is -0.352 e. The molecule has 3 aromatic rings. The van der Waals surface area contributed by atoms with E-state index in [9.17, 15) is 4.79 Å². The first-order valence-corrected chi connectivity index (χ1v) is 10.7. The van der Waals surface area contributed by atoms with E-state index in [4.69, 9.17) is 0 Å². The van der Waals surface area contributed by atoms with Crippen LogP contribution in [0.3, 0.4) is 0 Å². The second-order valence-corrected chi connectivity index (χ2v) is 8.26. The maximum Gasteiger partial charge on any atom is 0.223 e. The molecule has 1 aliphatic heterocycles. The number of piperidine rings is 1. The van der Waals surface area contributed by atoms with Crippen LogP contribution in [0.15, 0.2) is 66.7 Å². The zero-order chi connectivity index (χ0) is 20.2. The molecule has 1 fully saturated rings. The quantitative estimate of drug-likeness (QED) is 0.650. The van der Waals surface area contributed by atoms with Crippen molar-refractivity contribution >= 4 is 16.7 Å². The van der Waals surface area contributed by atoms with Gasteiger partial charge in [0.2, 0.25) is 5.91 Å². The first-order chi connectivity index (χ1) is 14.1. The molecule has 0 aromatic heterocycles. The smallest absolute Gasteiger partial charge is 0.223 e. The first-order valence-electron chi connectivity index (χ1n) is 10.7. The second-order valence-electron chi connectivity index (χ2n) is 8.26. The molecule has 0 aliphatic carbocycles. The number of nitrogens with one attached hydrogen (secondary N) is 1. The summed E-state index contributed by atoms with van der Waals surface area (Å²) >= 11 is 0. The van der Waals surface area contributed by atoms with E-state index in [-0.39, 0.29) is 11.8 Å². The molecule has 0 spiro atoms. The minimum absolute atomic E-state index is 0.122. The topological polar surface area (TPSA) is 32.3 Å². The number of nitrogens with zero attached hydrogens (tertiary/aromatic N) is 1. The molecule has 1 amide bonds. The average molecular weight is 387 g/mol. The third-order valence-electron chi connectivity index (χ3n) is 6.31. The molecular formula is C26H30N2O. The SMILES string of the molecule is Cc1ccc(CNC(=O)C2CCN(C(C)c3cccc4ccccc34)CC2)cc1. The Labute approximate surface area is 173 Å². The highest BCUT2D eigenvalue weighted by Crippen LogP contribution is 2.31. The van der Waals surface area contributed by atoms with Crippen LogP contribution in [0.25, 0.3) is 10.8 Å². The lowest BCUT2D eigenvalue weighted by atomic mass is 9.92. The van der Waals surface area contributed by atoms with E-state index in [0.29, 0.717) is 12.6 Å². The number of hydrogen-bond acceptors (Lipinski definition) is 2. The van der Waals surface area contributed by atoms with E-state index in [2.05, 4.69) is 90.8 Å². The van der Waals surface area contributed by atoms with Crippen LogP contribution in [0, 0.1) is 12.8 Å². The van der Waals surface area contributed by atoms with Gasteiger partial charge in [0.15, 0.2) is 0 Å². The third-order valence-corrected chi connectivity index (χ3v) is 6.31. The van der Waals surface area contributed by atoms with Gasteiger partial charge in [0.25, 0.3) is 0 Å². The summed E-state index contributed by atoms with van der Waals surface area (Å²) in [5, 5.41) is 5.76. The number of fused-ring (bicyclic) bond motifs is 1. The maximum absolute atomic E-state index is 12.6. The van der Waals surface area contributed by atoms with Gasteiger partial charge in [-0.1, -0.05) is 72.3 Å². The number of carbonyl (C=O) groups excluding carboxylic acids is 1. The molecule has 150 valence electrons. The van der Waals surface area contributed by atoms with Gasteiger partial charge in [-0.05, 0) is 61.7 Å². The van der Waals surface area contributed by atoms with Crippen molar-refractivity contribution in [1.82, 2.24) is 10.2 Å². The van der Waals surface area contributed by atoms with Crippen LogP contribution in [0.4, 0.5) is 0 Å². The number of hydrogen-bond donors (Lipinski definition) is 1. The zero-order valence-electron chi connectivity index (χ0n) is 17.4. The van der Waals surface area contributed by atoms with E-state index < -0.39 is 0 Å². The molecule has 3 aromatic carbocycles. The summed E-state index contributed by atoms with van der Waals surface area (Å²) in [6.45, 7) is 6.92. The number of aryl methyl sites for hydroxylation is 1. The van der Waals surface area contributed by atoms with Gasteiger partial charge in [0.1, 0.15) is 0 Å². The van der Waals surface area contributed by atoms with Gasteiger partial charge >= 0.3 is 0 Å². The highest BCUT2D eigenvalue weighted by Gasteiger charge is 2.28. The molecule has 0 radical (unpaired) electrons. The Morgan fingerprint density at radius 3 is 2.45 bits per heavy atom. The number of amides is 1.